The fraction of sp³-hybridized carbons (Fsp3) is 0.533. The zero-order valence-corrected chi connectivity index (χ0v) is 14.4. The highest BCUT2D eigenvalue weighted by Crippen LogP contribution is 2.22. The molecule has 132 valence electrons. The van der Waals surface area contributed by atoms with Crippen LogP contribution >= 0.6 is 0 Å². The zero-order chi connectivity index (χ0) is 17.8. The molecule has 1 N–H and O–H groups in total. The first-order chi connectivity index (χ1) is 11.2. The van der Waals surface area contributed by atoms with Crippen molar-refractivity contribution in [1.29, 1.82) is 0 Å². The van der Waals surface area contributed by atoms with Crippen molar-refractivity contribution >= 4 is 21.7 Å². The van der Waals surface area contributed by atoms with Crippen LogP contribution < -0.4 is 10.1 Å². The molecule has 2 rings (SSSR count). The Kier molecular flexibility index (Phi) is 5.43. The number of esters is 1. The zero-order valence-electron chi connectivity index (χ0n) is 13.6. The standard InChI is InChI=1S/C15H20N2O6S/c1-3-22-13-11(5-4-7-16-13)14(19)23-9-12(18)17-15(2)6-8-24(20,21)10-15/h4-5,7H,3,6,8-10H2,1-2H3,(H,17,18). The number of nitrogens with one attached hydrogen (secondary N) is 1. The lowest BCUT2D eigenvalue weighted by Gasteiger charge is -2.23. The summed E-state index contributed by atoms with van der Waals surface area (Å²) in [5.74, 6) is -1.22. The highest BCUT2D eigenvalue weighted by molar-refractivity contribution is 7.91. The van der Waals surface area contributed by atoms with Crippen LogP contribution in [-0.2, 0) is 19.4 Å². The maximum Gasteiger partial charge on any atom is 0.344 e. The third-order valence-electron chi connectivity index (χ3n) is 3.55. The first kappa shape index (κ1) is 18.2. The van der Waals surface area contributed by atoms with Gasteiger partial charge in [0.25, 0.3) is 5.91 Å². The van der Waals surface area contributed by atoms with E-state index in [9.17, 15) is 18.0 Å². The van der Waals surface area contributed by atoms with Crippen molar-refractivity contribution in [3.63, 3.8) is 0 Å². The minimum absolute atomic E-state index is 0.0387. The van der Waals surface area contributed by atoms with Gasteiger partial charge in [0.05, 0.1) is 23.7 Å². The van der Waals surface area contributed by atoms with E-state index in [4.69, 9.17) is 9.47 Å². The predicted molar refractivity (Wildman–Crippen MR) is 85.5 cm³/mol. The van der Waals surface area contributed by atoms with Gasteiger partial charge in [0.2, 0.25) is 5.88 Å². The second kappa shape index (κ2) is 7.16. The molecule has 1 aromatic rings. The number of carbonyl (C=O) groups is 2. The lowest BCUT2D eigenvalue weighted by Crippen LogP contribution is -2.48. The van der Waals surface area contributed by atoms with E-state index in [1.54, 1.807) is 19.9 Å². The van der Waals surface area contributed by atoms with Gasteiger partial charge in [0.15, 0.2) is 16.4 Å². The minimum Gasteiger partial charge on any atom is -0.477 e. The molecular weight excluding hydrogens is 336 g/mol. The quantitative estimate of drug-likeness (QED) is 0.731. The molecule has 1 unspecified atom stereocenters. The summed E-state index contributed by atoms with van der Waals surface area (Å²) in [5, 5.41) is 2.62. The topological polar surface area (TPSA) is 112 Å². The molecule has 1 amide bonds. The maximum atomic E-state index is 12.0. The van der Waals surface area contributed by atoms with Gasteiger partial charge in [-0.15, -0.1) is 0 Å². The SMILES string of the molecule is CCOc1ncccc1C(=O)OCC(=O)NC1(C)CCS(=O)(=O)C1. The number of hydrogen-bond donors (Lipinski definition) is 1. The molecule has 0 spiro atoms. The van der Waals surface area contributed by atoms with E-state index in [1.807, 2.05) is 0 Å². The Morgan fingerprint density at radius 2 is 2.17 bits per heavy atom. The van der Waals surface area contributed by atoms with Crippen LogP contribution in [0.3, 0.4) is 0 Å². The average molecular weight is 356 g/mol. The van der Waals surface area contributed by atoms with Gasteiger partial charge in [0.1, 0.15) is 5.56 Å². The molecule has 0 aliphatic carbocycles. The largest absolute Gasteiger partial charge is 0.477 e. The first-order valence-corrected chi connectivity index (χ1v) is 9.33. The Bertz CT molecular complexity index is 733. The Morgan fingerprint density at radius 1 is 1.42 bits per heavy atom. The monoisotopic (exact) mass is 356 g/mol. The van der Waals surface area contributed by atoms with Gasteiger partial charge in [-0.2, -0.15) is 0 Å². The lowest BCUT2D eigenvalue weighted by molar-refractivity contribution is -0.125. The second-order valence-corrected chi connectivity index (χ2v) is 8.00. The summed E-state index contributed by atoms with van der Waals surface area (Å²) in [6.07, 6.45) is 1.82. The Balaban J connectivity index is 1.91. The summed E-state index contributed by atoms with van der Waals surface area (Å²) in [5.41, 5.74) is -0.700. The number of amides is 1. The van der Waals surface area contributed by atoms with Gasteiger partial charge in [-0.3, -0.25) is 4.79 Å². The minimum atomic E-state index is -3.13. The van der Waals surface area contributed by atoms with Crippen LogP contribution in [-0.4, -0.2) is 55.5 Å². The van der Waals surface area contributed by atoms with Crippen molar-refractivity contribution < 1.29 is 27.5 Å². The number of nitrogens with zero attached hydrogens (tertiary/aromatic N) is 1. The van der Waals surface area contributed by atoms with Gasteiger partial charge in [0, 0.05) is 6.20 Å². The van der Waals surface area contributed by atoms with Gasteiger partial charge in [-0.25, -0.2) is 18.2 Å². The van der Waals surface area contributed by atoms with Gasteiger partial charge < -0.3 is 14.8 Å². The molecule has 2 heterocycles. The van der Waals surface area contributed by atoms with Gasteiger partial charge >= 0.3 is 5.97 Å². The maximum absolute atomic E-state index is 12.0. The third-order valence-corrected chi connectivity index (χ3v) is 5.45. The number of carbonyl (C=O) groups excluding carboxylic acids is 2. The van der Waals surface area contributed by atoms with Crippen LogP contribution in [0.5, 0.6) is 5.88 Å². The summed E-state index contributed by atoms with van der Waals surface area (Å²) >= 11 is 0. The molecule has 1 aromatic heterocycles. The van der Waals surface area contributed by atoms with Crippen molar-refractivity contribution in [2.75, 3.05) is 24.7 Å². The van der Waals surface area contributed by atoms with Gasteiger partial charge in [-0.05, 0) is 32.4 Å². The number of sulfone groups is 1. The Labute approximate surface area is 140 Å². The van der Waals surface area contributed by atoms with Crippen molar-refractivity contribution in [2.24, 2.45) is 0 Å². The summed E-state index contributed by atoms with van der Waals surface area (Å²) in [6.45, 7) is 3.25. The highest BCUT2D eigenvalue weighted by Gasteiger charge is 2.39. The molecule has 1 aliphatic rings. The molecule has 0 radical (unpaired) electrons. The van der Waals surface area contributed by atoms with E-state index in [1.165, 1.54) is 12.3 Å². The predicted octanol–water partition coefficient (Wildman–Crippen LogP) is 0.331. The van der Waals surface area contributed by atoms with E-state index in [2.05, 4.69) is 10.3 Å². The molecule has 8 nitrogen and oxygen atoms in total. The van der Waals surface area contributed by atoms with E-state index in [0.717, 1.165) is 0 Å². The molecule has 0 saturated carbocycles. The van der Waals surface area contributed by atoms with Gasteiger partial charge in [-0.1, -0.05) is 0 Å². The molecule has 24 heavy (non-hydrogen) atoms. The molecule has 1 atom stereocenters. The van der Waals surface area contributed by atoms with E-state index in [0.29, 0.717) is 13.0 Å². The number of rotatable bonds is 6. The molecule has 9 heteroatoms. The molecular formula is C15H20N2O6S. The molecule has 0 bridgehead atoms. The number of aromatic nitrogens is 1. The normalized spacial score (nSPS) is 21.9. The summed E-state index contributed by atoms with van der Waals surface area (Å²) in [7, 11) is -3.13. The third kappa shape index (κ3) is 4.67. The van der Waals surface area contributed by atoms with Crippen LogP contribution in [0.25, 0.3) is 0 Å². The highest BCUT2D eigenvalue weighted by atomic mass is 32.2. The van der Waals surface area contributed by atoms with Crippen LogP contribution in [0.4, 0.5) is 0 Å². The second-order valence-electron chi connectivity index (χ2n) is 5.82. The Hall–Kier alpha value is -2.16. The fourth-order valence-corrected chi connectivity index (χ4v) is 4.58. The smallest absolute Gasteiger partial charge is 0.344 e. The van der Waals surface area contributed by atoms with Crippen molar-refractivity contribution in [1.82, 2.24) is 10.3 Å². The van der Waals surface area contributed by atoms with Crippen LogP contribution in [0, 0.1) is 0 Å². The number of hydrogen-bond acceptors (Lipinski definition) is 7. The number of ether oxygens (including phenoxy) is 2. The number of pyridine rings is 1. The lowest BCUT2D eigenvalue weighted by atomic mass is 10.0. The molecule has 0 aromatic carbocycles. The molecule has 1 saturated heterocycles. The van der Waals surface area contributed by atoms with Crippen LogP contribution in [0.15, 0.2) is 18.3 Å². The molecule has 1 fully saturated rings. The van der Waals surface area contributed by atoms with Crippen LogP contribution in [0.2, 0.25) is 0 Å². The van der Waals surface area contributed by atoms with E-state index < -0.39 is 33.9 Å². The average Bonchev–Trinajstić information content (AvgIpc) is 2.79. The van der Waals surface area contributed by atoms with E-state index >= 15 is 0 Å². The van der Waals surface area contributed by atoms with Crippen LogP contribution in [0.1, 0.15) is 30.6 Å². The van der Waals surface area contributed by atoms with Crippen molar-refractivity contribution in [2.45, 2.75) is 25.8 Å². The molecule has 1 aliphatic heterocycles. The van der Waals surface area contributed by atoms with E-state index in [-0.39, 0.29) is 22.9 Å². The summed E-state index contributed by atoms with van der Waals surface area (Å²) < 4.78 is 33.2. The van der Waals surface area contributed by atoms with Crippen molar-refractivity contribution in [3.8, 4) is 5.88 Å². The Morgan fingerprint density at radius 3 is 2.79 bits per heavy atom. The summed E-state index contributed by atoms with van der Waals surface area (Å²) in [4.78, 5) is 27.9. The summed E-state index contributed by atoms with van der Waals surface area (Å²) in [6, 6.07) is 3.05. The first-order valence-electron chi connectivity index (χ1n) is 7.51. The fourth-order valence-electron chi connectivity index (χ4n) is 2.49. The van der Waals surface area contributed by atoms with Crippen molar-refractivity contribution in [3.05, 3.63) is 23.9 Å².